The number of likely N-dealkylation sites (tertiary alicyclic amines) is 1. The van der Waals surface area contributed by atoms with E-state index in [0.717, 1.165) is 60.8 Å². The Morgan fingerprint density at radius 3 is 2.71 bits per heavy atom. The predicted octanol–water partition coefficient (Wildman–Crippen LogP) is 4.62. The highest BCUT2D eigenvalue weighted by molar-refractivity contribution is 7.07. The lowest BCUT2D eigenvalue weighted by Gasteiger charge is -2.16. The van der Waals surface area contributed by atoms with E-state index in [-0.39, 0.29) is 5.91 Å². The fourth-order valence-electron chi connectivity index (χ4n) is 3.53. The van der Waals surface area contributed by atoms with Crippen molar-refractivity contribution >= 4 is 22.9 Å². The number of thiazole rings is 1. The van der Waals surface area contributed by atoms with Gasteiger partial charge in [0.15, 0.2) is 10.6 Å². The van der Waals surface area contributed by atoms with Crippen LogP contribution in [-0.4, -0.2) is 28.5 Å². The molecule has 28 heavy (non-hydrogen) atoms. The zero-order chi connectivity index (χ0) is 19.3. The fraction of sp³-hybridized carbons (Fsp3) is 0.364. The molecule has 1 amide bonds. The molecule has 0 atom stereocenters. The van der Waals surface area contributed by atoms with Crippen molar-refractivity contribution in [1.82, 2.24) is 9.47 Å². The summed E-state index contributed by atoms with van der Waals surface area (Å²) in [6.07, 6.45) is 5.30. The van der Waals surface area contributed by atoms with Crippen molar-refractivity contribution in [2.75, 3.05) is 13.1 Å². The monoisotopic (exact) mass is 395 g/mol. The third-order valence-corrected chi connectivity index (χ3v) is 5.99. The van der Waals surface area contributed by atoms with Gasteiger partial charge in [-0.3, -0.25) is 4.79 Å². The van der Waals surface area contributed by atoms with E-state index in [1.807, 2.05) is 17.0 Å². The Kier molecular flexibility index (Phi) is 5.76. The van der Waals surface area contributed by atoms with Gasteiger partial charge in [0.05, 0.1) is 17.6 Å². The minimum Gasteiger partial charge on any atom is -0.463 e. The smallest absolute Gasteiger partial charge is 0.222 e. The molecular weight excluding hydrogens is 370 g/mol. The van der Waals surface area contributed by atoms with E-state index < -0.39 is 0 Å². The Labute approximate surface area is 169 Å². The molecule has 6 heteroatoms. The van der Waals surface area contributed by atoms with E-state index in [9.17, 15) is 4.79 Å². The van der Waals surface area contributed by atoms with Crippen molar-refractivity contribution in [2.24, 2.45) is 4.99 Å². The Morgan fingerprint density at radius 2 is 2.04 bits per heavy atom. The average molecular weight is 396 g/mol. The minimum atomic E-state index is 0.280. The van der Waals surface area contributed by atoms with Crippen LogP contribution in [0.4, 0.5) is 5.69 Å². The first-order valence-corrected chi connectivity index (χ1v) is 10.8. The van der Waals surface area contributed by atoms with Crippen LogP contribution in [0.3, 0.4) is 0 Å². The van der Waals surface area contributed by atoms with Crippen molar-refractivity contribution in [3.63, 3.8) is 0 Å². The number of furan rings is 1. The summed E-state index contributed by atoms with van der Waals surface area (Å²) in [6.45, 7) is 4.64. The van der Waals surface area contributed by atoms with Crippen LogP contribution in [0.15, 0.2) is 57.5 Å². The molecule has 0 spiro atoms. The second-order valence-electron chi connectivity index (χ2n) is 7.00. The van der Waals surface area contributed by atoms with Crippen molar-refractivity contribution in [2.45, 2.75) is 39.2 Å². The number of aromatic nitrogens is 1. The number of carbonyl (C=O) groups is 1. The normalized spacial score (nSPS) is 15.0. The first-order valence-electron chi connectivity index (χ1n) is 9.88. The van der Waals surface area contributed by atoms with E-state index in [2.05, 4.69) is 41.1 Å². The van der Waals surface area contributed by atoms with E-state index in [1.54, 1.807) is 17.6 Å². The van der Waals surface area contributed by atoms with Crippen molar-refractivity contribution in [1.29, 1.82) is 0 Å². The number of benzene rings is 1. The third-order valence-electron chi connectivity index (χ3n) is 5.12. The zero-order valence-electron chi connectivity index (χ0n) is 16.1. The molecule has 0 aliphatic carbocycles. The lowest BCUT2D eigenvalue weighted by atomic mass is 10.2. The summed E-state index contributed by atoms with van der Waals surface area (Å²) in [5.74, 6) is 1.12. The summed E-state index contributed by atoms with van der Waals surface area (Å²) < 4.78 is 7.84. The molecule has 0 unspecified atom stereocenters. The topological polar surface area (TPSA) is 50.7 Å². The van der Waals surface area contributed by atoms with Gasteiger partial charge in [-0.15, -0.1) is 11.3 Å². The van der Waals surface area contributed by atoms with E-state index in [4.69, 9.17) is 9.41 Å². The van der Waals surface area contributed by atoms with Crippen LogP contribution < -0.4 is 4.80 Å². The van der Waals surface area contributed by atoms with Crippen LogP contribution in [-0.2, 0) is 17.8 Å². The fourth-order valence-corrected chi connectivity index (χ4v) is 4.47. The molecule has 5 nitrogen and oxygen atoms in total. The molecule has 0 bridgehead atoms. The summed E-state index contributed by atoms with van der Waals surface area (Å²) in [4.78, 5) is 19.7. The first-order chi connectivity index (χ1) is 13.7. The van der Waals surface area contributed by atoms with E-state index in [1.165, 1.54) is 5.56 Å². The number of hydrogen-bond acceptors (Lipinski definition) is 4. The Balaban J connectivity index is 1.60. The average Bonchev–Trinajstić information content (AvgIpc) is 3.45. The first kappa shape index (κ1) is 18.7. The van der Waals surface area contributed by atoms with Gasteiger partial charge in [0, 0.05) is 31.4 Å². The molecule has 3 aromatic rings. The van der Waals surface area contributed by atoms with Crippen molar-refractivity contribution < 1.29 is 9.21 Å². The molecule has 1 saturated heterocycles. The van der Waals surface area contributed by atoms with Crippen LogP contribution in [0.5, 0.6) is 0 Å². The van der Waals surface area contributed by atoms with Gasteiger partial charge < -0.3 is 13.9 Å². The molecule has 1 fully saturated rings. The van der Waals surface area contributed by atoms with Crippen LogP contribution in [0.2, 0.25) is 0 Å². The largest absolute Gasteiger partial charge is 0.463 e. The molecule has 1 aliphatic heterocycles. The SMILES string of the molecule is CCc1ccc(N=c2scc(-c3ccco3)n2CCCN2CCCC2=O)cc1. The third kappa shape index (κ3) is 4.12. The van der Waals surface area contributed by atoms with Crippen molar-refractivity contribution in [3.8, 4) is 11.5 Å². The van der Waals surface area contributed by atoms with Gasteiger partial charge in [-0.1, -0.05) is 19.1 Å². The van der Waals surface area contributed by atoms with Gasteiger partial charge in [0.1, 0.15) is 0 Å². The highest BCUT2D eigenvalue weighted by Gasteiger charge is 2.19. The van der Waals surface area contributed by atoms with Gasteiger partial charge in [-0.25, -0.2) is 4.99 Å². The lowest BCUT2D eigenvalue weighted by molar-refractivity contribution is -0.127. The molecule has 0 saturated carbocycles. The molecule has 146 valence electrons. The van der Waals surface area contributed by atoms with Gasteiger partial charge >= 0.3 is 0 Å². The predicted molar refractivity (Wildman–Crippen MR) is 111 cm³/mol. The molecular formula is C22H25N3O2S. The lowest BCUT2D eigenvalue weighted by Crippen LogP contribution is -2.27. The molecule has 1 aromatic carbocycles. The number of rotatable bonds is 7. The van der Waals surface area contributed by atoms with Crippen molar-refractivity contribution in [3.05, 3.63) is 58.4 Å². The molecule has 2 aromatic heterocycles. The summed E-state index contributed by atoms with van der Waals surface area (Å²) in [7, 11) is 0. The molecule has 0 N–H and O–H groups in total. The van der Waals surface area contributed by atoms with Gasteiger partial charge in [-0.05, 0) is 49.1 Å². The number of aryl methyl sites for hydroxylation is 1. The summed E-state index contributed by atoms with van der Waals surface area (Å²) in [5.41, 5.74) is 3.30. The second-order valence-corrected chi connectivity index (χ2v) is 7.84. The number of nitrogens with zero attached hydrogens (tertiary/aromatic N) is 3. The highest BCUT2D eigenvalue weighted by Crippen LogP contribution is 2.22. The second kappa shape index (κ2) is 8.61. The summed E-state index contributed by atoms with van der Waals surface area (Å²) in [6, 6.07) is 12.3. The summed E-state index contributed by atoms with van der Waals surface area (Å²) >= 11 is 1.62. The summed E-state index contributed by atoms with van der Waals surface area (Å²) in [5, 5.41) is 2.10. The molecule has 1 aliphatic rings. The quantitative estimate of drug-likeness (QED) is 0.586. The number of hydrogen-bond donors (Lipinski definition) is 0. The Morgan fingerprint density at radius 1 is 1.18 bits per heavy atom. The van der Waals surface area contributed by atoms with Gasteiger partial charge in [-0.2, -0.15) is 0 Å². The highest BCUT2D eigenvalue weighted by atomic mass is 32.1. The molecule has 3 heterocycles. The maximum atomic E-state index is 11.9. The standard InChI is InChI=1S/C22H25N3O2S/c1-2-17-8-10-18(11-9-17)23-22-25(14-5-13-24-12-3-7-21(24)26)19(16-28-22)20-6-4-15-27-20/h4,6,8-11,15-16H,2-3,5,7,12-14H2,1H3. The van der Waals surface area contributed by atoms with Crippen LogP contribution in [0, 0.1) is 0 Å². The van der Waals surface area contributed by atoms with Crippen LogP contribution >= 0.6 is 11.3 Å². The maximum Gasteiger partial charge on any atom is 0.222 e. The molecule has 4 rings (SSSR count). The van der Waals surface area contributed by atoms with Gasteiger partial charge in [0.25, 0.3) is 0 Å². The number of carbonyl (C=O) groups excluding carboxylic acids is 1. The minimum absolute atomic E-state index is 0.280. The number of amides is 1. The van der Waals surface area contributed by atoms with Crippen LogP contribution in [0.25, 0.3) is 11.5 Å². The molecule has 0 radical (unpaired) electrons. The van der Waals surface area contributed by atoms with E-state index in [0.29, 0.717) is 6.42 Å². The Hall–Kier alpha value is -2.60. The Bertz CT molecular complexity index is 984. The van der Waals surface area contributed by atoms with Gasteiger partial charge in [0.2, 0.25) is 5.91 Å². The van der Waals surface area contributed by atoms with E-state index >= 15 is 0 Å². The zero-order valence-corrected chi connectivity index (χ0v) is 17.0. The van der Waals surface area contributed by atoms with Crippen LogP contribution in [0.1, 0.15) is 31.7 Å². The maximum absolute atomic E-state index is 11.9.